The van der Waals surface area contributed by atoms with Crippen LogP contribution in [0, 0.1) is 0 Å². The van der Waals surface area contributed by atoms with Gasteiger partial charge in [0.05, 0.1) is 24.4 Å². The first-order valence-corrected chi connectivity index (χ1v) is 9.23. The summed E-state index contributed by atoms with van der Waals surface area (Å²) in [5, 5.41) is 2.85. The fourth-order valence-electron chi connectivity index (χ4n) is 3.31. The molecule has 2 aromatic heterocycles. The van der Waals surface area contributed by atoms with Crippen molar-refractivity contribution in [1.29, 1.82) is 0 Å². The number of nitrogens with one attached hydrogen (secondary N) is 2. The number of methoxy groups -OCH3 is 1. The van der Waals surface area contributed by atoms with Crippen LogP contribution in [0.4, 0.5) is 0 Å². The molecule has 3 rings (SSSR count). The standard InChI is InChI=1S/C19H25N5O4/c1-4-16(25)24-7-5-6-13(24)11-28-15-9-21-18-17(23-15)14(8-20-18)19(26)22-12(2)10-27-3/h4,8-9,12-13H,1,5-7,10-11H2,2-3H3,(H,20,21)(H,22,26)/t12-,13+/m0/s1. The number of likely N-dealkylation sites (tertiary alicyclic amines) is 1. The van der Waals surface area contributed by atoms with Crippen LogP contribution >= 0.6 is 0 Å². The highest BCUT2D eigenvalue weighted by Crippen LogP contribution is 2.21. The second-order valence-electron chi connectivity index (χ2n) is 6.78. The summed E-state index contributed by atoms with van der Waals surface area (Å²) >= 11 is 0. The minimum absolute atomic E-state index is 0.0214. The van der Waals surface area contributed by atoms with E-state index in [1.165, 1.54) is 12.3 Å². The monoisotopic (exact) mass is 387 g/mol. The van der Waals surface area contributed by atoms with Crippen molar-refractivity contribution >= 4 is 23.0 Å². The van der Waals surface area contributed by atoms with E-state index >= 15 is 0 Å². The lowest BCUT2D eigenvalue weighted by atomic mass is 10.2. The number of hydrogen-bond acceptors (Lipinski definition) is 6. The molecule has 9 nitrogen and oxygen atoms in total. The molecule has 2 amide bonds. The van der Waals surface area contributed by atoms with E-state index < -0.39 is 0 Å². The second kappa shape index (κ2) is 8.83. The van der Waals surface area contributed by atoms with Crippen molar-refractivity contribution in [1.82, 2.24) is 25.2 Å². The van der Waals surface area contributed by atoms with E-state index in [9.17, 15) is 9.59 Å². The topological polar surface area (TPSA) is 109 Å². The first kappa shape index (κ1) is 19.8. The zero-order chi connectivity index (χ0) is 20.1. The number of fused-ring (bicyclic) bond motifs is 1. The molecule has 1 aliphatic rings. The summed E-state index contributed by atoms with van der Waals surface area (Å²) in [7, 11) is 1.58. The number of carbonyl (C=O) groups excluding carboxylic acids is 2. The van der Waals surface area contributed by atoms with Crippen LogP contribution in [-0.2, 0) is 9.53 Å². The van der Waals surface area contributed by atoms with Gasteiger partial charge in [-0.25, -0.2) is 9.97 Å². The van der Waals surface area contributed by atoms with Crippen molar-refractivity contribution in [2.75, 3.05) is 26.9 Å². The number of aromatic amines is 1. The molecular formula is C19H25N5O4. The average Bonchev–Trinajstić information content (AvgIpc) is 3.32. The van der Waals surface area contributed by atoms with E-state index in [1.54, 1.807) is 18.2 Å². The van der Waals surface area contributed by atoms with Gasteiger partial charge in [0.2, 0.25) is 11.8 Å². The Kier molecular flexibility index (Phi) is 6.25. The van der Waals surface area contributed by atoms with Crippen LogP contribution < -0.4 is 10.1 Å². The van der Waals surface area contributed by atoms with E-state index in [0.717, 1.165) is 12.8 Å². The molecular weight excluding hydrogens is 362 g/mol. The molecule has 2 aromatic rings. The van der Waals surface area contributed by atoms with Crippen LogP contribution in [-0.4, -0.2) is 70.6 Å². The lowest BCUT2D eigenvalue weighted by Gasteiger charge is -2.23. The number of rotatable bonds is 8. The zero-order valence-electron chi connectivity index (χ0n) is 16.1. The fourth-order valence-corrected chi connectivity index (χ4v) is 3.31. The Bertz CT molecular complexity index is 865. The molecule has 0 saturated carbocycles. The quantitative estimate of drug-likeness (QED) is 0.661. The van der Waals surface area contributed by atoms with Gasteiger partial charge in [-0.15, -0.1) is 0 Å². The first-order valence-electron chi connectivity index (χ1n) is 9.23. The van der Waals surface area contributed by atoms with Crippen LogP contribution in [0.5, 0.6) is 5.88 Å². The molecule has 0 radical (unpaired) electrons. The minimum Gasteiger partial charge on any atom is -0.474 e. The minimum atomic E-state index is -0.263. The Hall–Kier alpha value is -2.94. The molecule has 0 aromatic carbocycles. The maximum Gasteiger partial charge on any atom is 0.255 e. The van der Waals surface area contributed by atoms with Gasteiger partial charge >= 0.3 is 0 Å². The van der Waals surface area contributed by atoms with Gasteiger partial charge in [0.1, 0.15) is 12.1 Å². The third kappa shape index (κ3) is 4.30. The van der Waals surface area contributed by atoms with E-state index in [0.29, 0.717) is 42.4 Å². The van der Waals surface area contributed by atoms with E-state index in [2.05, 4.69) is 26.8 Å². The van der Waals surface area contributed by atoms with Gasteiger partial charge in [-0.05, 0) is 25.8 Å². The Morgan fingerprint density at radius 1 is 1.54 bits per heavy atom. The second-order valence-corrected chi connectivity index (χ2v) is 6.78. The summed E-state index contributed by atoms with van der Waals surface area (Å²) < 4.78 is 10.8. The highest BCUT2D eigenvalue weighted by molar-refractivity contribution is 6.04. The largest absolute Gasteiger partial charge is 0.474 e. The number of H-pyrrole nitrogens is 1. The Morgan fingerprint density at radius 3 is 3.11 bits per heavy atom. The van der Waals surface area contributed by atoms with Gasteiger partial charge in [0.25, 0.3) is 5.91 Å². The molecule has 0 spiro atoms. The lowest BCUT2D eigenvalue weighted by Crippen LogP contribution is -2.38. The molecule has 2 N–H and O–H groups in total. The van der Waals surface area contributed by atoms with Crippen LogP contribution in [0.1, 0.15) is 30.1 Å². The normalized spacial score (nSPS) is 17.5. The number of aromatic nitrogens is 3. The Morgan fingerprint density at radius 2 is 2.36 bits per heavy atom. The highest BCUT2D eigenvalue weighted by Gasteiger charge is 2.28. The highest BCUT2D eigenvalue weighted by atomic mass is 16.5. The Balaban J connectivity index is 1.70. The molecule has 0 bridgehead atoms. The van der Waals surface area contributed by atoms with Crippen LogP contribution in [0.3, 0.4) is 0 Å². The van der Waals surface area contributed by atoms with Crippen LogP contribution in [0.15, 0.2) is 25.0 Å². The Labute approximate surface area is 163 Å². The molecule has 0 unspecified atom stereocenters. The summed E-state index contributed by atoms with van der Waals surface area (Å²) in [5.74, 6) is -0.0489. The zero-order valence-corrected chi connectivity index (χ0v) is 16.1. The van der Waals surface area contributed by atoms with Crippen molar-refractivity contribution in [2.45, 2.75) is 31.8 Å². The van der Waals surface area contributed by atoms with Gasteiger partial charge in [-0.2, -0.15) is 0 Å². The summed E-state index contributed by atoms with van der Waals surface area (Å²) in [5.41, 5.74) is 1.33. The van der Waals surface area contributed by atoms with Crippen molar-refractivity contribution in [3.8, 4) is 5.88 Å². The molecule has 0 aliphatic carbocycles. The van der Waals surface area contributed by atoms with Gasteiger partial charge in [-0.3, -0.25) is 9.59 Å². The summed E-state index contributed by atoms with van der Waals surface area (Å²) in [6.45, 7) is 6.82. The maximum atomic E-state index is 12.5. The van der Waals surface area contributed by atoms with E-state index in [1.807, 2.05) is 6.92 Å². The van der Waals surface area contributed by atoms with Crippen LogP contribution in [0.25, 0.3) is 11.2 Å². The lowest BCUT2D eigenvalue weighted by molar-refractivity contribution is -0.127. The van der Waals surface area contributed by atoms with Crippen molar-refractivity contribution in [3.63, 3.8) is 0 Å². The molecule has 1 aliphatic heterocycles. The summed E-state index contributed by atoms with van der Waals surface area (Å²) in [6.07, 6.45) is 6.19. The third-order valence-electron chi connectivity index (χ3n) is 4.66. The van der Waals surface area contributed by atoms with Crippen LogP contribution in [0.2, 0.25) is 0 Å². The number of amides is 2. The molecule has 1 fully saturated rings. The van der Waals surface area contributed by atoms with Gasteiger partial charge in [0.15, 0.2) is 5.65 Å². The summed E-state index contributed by atoms with van der Waals surface area (Å²) in [6, 6.07) is -0.155. The molecule has 9 heteroatoms. The SMILES string of the molecule is C=CC(=O)N1CCC[C@@H]1COc1cnc2[nH]cc(C(=O)N[C@@H](C)COC)c2n1. The molecule has 28 heavy (non-hydrogen) atoms. The van der Waals surface area contributed by atoms with Crippen molar-refractivity contribution in [2.24, 2.45) is 0 Å². The molecule has 3 heterocycles. The number of carbonyl (C=O) groups is 2. The number of ether oxygens (including phenoxy) is 2. The van der Waals surface area contributed by atoms with Gasteiger partial charge in [-0.1, -0.05) is 6.58 Å². The van der Waals surface area contributed by atoms with Gasteiger partial charge < -0.3 is 24.7 Å². The third-order valence-corrected chi connectivity index (χ3v) is 4.66. The predicted octanol–water partition coefficient (Wildman–Crippen LogP) is 1.28. The van der Waals surface area contributed by atoms with E-state index in [4.69, 9.17) is 9.47 Å². The number of hydrogen-bond donors (Lipinski definition) is 2. The van der Waals surface area contributed by atoms with E-state index in [-0.39, 0.29) is 23.9 Å². The van der Waals surface area contributed by atoms with Crippen molar-refractivity contribution in [3.05, 3.63) is 30.6 Å². The maximum absolute atomic E-state index is 12.5. The predicted molar refractivity (Wildman–Crippen MR) is 103 cm³/mol. The summed E-state index contributed by atoms with van der Waals surface area (Å²) in [4.78, 5) is 37.8. The van der Waals surface area contributed by atoms with Crippen molar-refractivity contribution < 1.29 is 19.1 Å². The molecule has 150 valence electrons. The molecule has 1 saturated heterocycles. The van der Waals surface area contributed by atoms with Gasteiger partial charge in [0, 0.05) is 25.9 Å². The molecule has 2 atom stereocenters. The first-order chi connectivity index (χ1) is 13.5. The number of nitrogens with zero attached hydrogens (tertiary/aromatic N) is 3. The average molecular weight is 387 g/mol. The smallest absolute Gasteiger partial charge is 0.255 e. The fraction of sp³-hybridized carbons (Fsp3) is 0.474.